The van der Waals surface area contributed by atoms with Crippen molar-refractivity contribution in [2.75, 3.05) is 6.61 Å². The predicted octanol–water partition coefficient (Wildman–Crippen LogP) is 1.90. The number of hydrogen-bond acceptors (Lipinski definition) is 4. The Morgan fingerprint density at radius 3 is 2.62 bits per heavy atom. The molecule has 1 heterocycles. The molecule has 0 aliphatic rings. The lowest BCUT2D eigenvalue weighted by atomic mass is 10.1. The van der Waals surface area contributed by atoms with Gasteiger partial charge in [0.05, 0.1) is 0 Å². The topological polar surface area (TPSA) is 88.1 Å². The van der Waals surface area contributed by atoms with E-state index in [2.05, 4.69) is 10.1 Å². The van der Waals surface area contributed by atoms with Crippen LogP contribution in [0.1, 0.15) is 5.69 Å². The molecule has 3 rings (SSSR count). The number of oxime groups is 1. The summed E-state index contributed by atoms with van der Waals surface area (Å²) in [5.74, 6) is 0.0238. The van der Waals surface area contributed by atoms with Crippen LogP contribution in [0.4, 0.5) is 0 Å². The minimum absolute atomic E-state index is 0.0784. The number of pyridine rings is 1. The maximum atomic E-state index is 11.7. The zero-order valence-corrected chi connectivity index (χ0v) is 12.8. The Balaban J connectivity index is 1.57. The van der Waals surface area contributed by atoms with Crippen molar-refractivity contribution in [1.29, 1.82) is 0 Å². The lowest BCUT2D eigenvalue weighted by Gasteiger charge is -2.05. The molecular weight excluding hydrogens is 306 g/mol. The number of nitrogens with two attached hydrogens (primary N) is 1. The number of nitrogens with one attached hydrogen (secondary N) is 1. The molecular formula is C18H16N3O3+. The van der Waals surface area contributed by atoms with Crippen LogP contribution >= 0.6 is 0 Å². The summed E-state index contributed by atoms with van der Waals surface area (Å²) in [6.45, 7) is -0.256. The van der Waals surface area contributed by atoms with Crippen molar-refractivity contribution in [2.45, 2.75) is 0 Å². The third-order valence-electron chi connectivity index (χ3n) is 3.31. The van der Waals surface area contributed by atoms with Crippen molar-refractivity contribution < 1.29 is 19.4 Å². The van der Waals surface area contributed by atoms with Crippen molar-refractivity contribution in [2.24, 2.45) is 10.9 Å². The number of nitrogens with zero attached hydrogens (tertiary/aromatic N) is 1. The number of aromatic nitrogens is 1. The lowest BCUT2D eigenvalue weighted by Crippen LogP contribution is -2.25. The van der Waals surface area contributed by atoms with Crippen LogP contribution in [0.2, 0.25) is 0 Å². The molecule has 6 heteroatoms. The second-order valence-corrected chi connectivity index (χ2v) is 5.01. The number of benzene rings is 2. The molecule has 3 N–H and O–H groups in total. The van der Waals surface area contributed by atoms with Gasteiger partial charge in [-0.1, -0.05) is 35.5 Å². The summed E-state index contributed by atoms with van der Waals surface area (Å²) in [6, 6.07) is 18.8. The molecule has 3 aromatic rings. The van der Waals surface area contributed by atoms with Crippen LogP contribution in [0.3, 0.4) is 0 Å². The maximum Gasteiger partial charge on any atom is 0.372 e. The Bertz CT molecular complexity index is 879. The maximum absolute atomic E-state index is 11.7. The number of amidine groups is 1. The first kappa shape index (κ1) is 15.5. The molecule has 0 bridgehead atoms. The Labute approximate surface area is 138 Å². The van der Waals surface area contributed by atoms with E-state index in [4.69, 9.17) is 15.3 Å². The summed E-state index contributed by atoms with van der Waals surface area (Å²) >= 11 is 0. The van der Waals surface area contributed by atoms with Gasteiger partial charge in [-0.2, -0.15) is 0 Å². The smallest absolute Gasteiger partial charge is 0.372 e. The molecule has 0 amide bonds. The van der Waals surface area contributed by atoms with Gasteiger partial charge in [-0.25, -0.2) is 9.78 Å². The van der Waals surface area contributed by atoms with Gasteiger partial charge >= 0.3 is 5.97 Å². The van der Waals surface area contributed by atoms with Crippen molar-refractivity contribution in [3.8, 4) is 5.75 Å². The highest BCUT2D eigenvalue weighted by atomic mass is 16.7. The van der Waals surface area contributed by atoms with E-state index < -0.39 is 5.97 Å². The molecule has 0 spiro atoms. The lowest BCUT2D eigenvalue weighted by molar-refractivity contribution is -0.380. The van der Waals surface area contributed by atoms with E-state index in [0.717, 1.165) is 10.8 Å². The normalized spacial score (nSPS) is 11.2. The molecule has 0 unspecified atom stereocenters. The second-order valence-electron chi connectivity index (χ2n) is 5.01. The van der Waals surface area contributed by atoms with Crippen LogP contribution in [0, 0.1) is 0 Å². The Hall–Kier alpha value is -3.41. The fraction of sp³-hybridized carbons (Fsp3) is 0.0556. The molecule has 0 atom stereocenters. The van der Waals surface area contributed by atoms with E-state index in [1.807, 2.05) is 36.4 Å². The first-order valence-electron chi connectivity index (χ1n) is 7.34. The number of carbonyl (C=O) groups excluding carboxylic acids is 1. The van der Waals surface area contributed by atoms with Crippen molar-refractivity contribution >= 4 is 22.6 Å². The van der Waals surface area contributed by atoms with E-state index in [-0.39, 0.29) is 12.4 Å². The molecule has 6 nitrogen and oxygen atoms in total. The molecule has 0 aliphatic heterocycles. The van der Waals surface area contributed by atoms with Gasteiger partial charge in [-0.3, -0.25) is 0 Å². The number of carbonyl (C=O) groups is 1. The molecule has 0 saturated heterocycles. The average Bonchev–Trinajstić information content (AvgIpc) is 2.65. The zero-order valence-electron chi connectivity index (χ0n) is 12.8. The fourth-order valence-corrected chi connectivity index (χ4v) is 2.13. The molecule has 120 valence electrons. The van der Waals surface area contributed by atoms with Crippen LogP contribution in [0.15, 0.2) is 72.0 Å². The summed E-state index contributed by atoms with van der Waals surface area (Å²) in [6.07, 6.45) is 1.70. The quantitative estimate of drug-likeness (QED) is 0.336. The number of aromatic amines is 1. The van der Waals surface area contributed by atoms with Crippen LogP contribution in [0.5, 0.6) is 5.75 Å². The van der Waals surface area contributed by atoms with E-state index in [9.17, 15) is 4.79 Å². The largest absolute Gasteiger partial charge is 0.482 e. The van der Waals surface area contributed by atoms with E-state index in [1.54, 1.807) is 30.5 Å². The second kappa shape index (κ2) is 7.23. The number of hydrogen-bond donors (Lipinski definition) is 1. The summed E-state index contributed by atoms with van der Waals surface area (Å²) in [5.41, 5.74) is 6.27. The van der Waals surface area contributed by atoms with Gasteiger partial charge in [-0.05, 0) is 29.0 Å². The van der Waals surface area contributed by atoms with Crippen molar-refractivity contribution in [3.05, 3.63) is 72.6 Å². The average molecular weight is 322 g/mol. The fourth-order valence-electron chi connectivity index (χ4n) is 2.13. The Morgan fingerprint density at radius 1 is 1.04 bits per heavy atom. The standard InChI is InChI=1S/C18H15N3O3/c19-18(16-7-3-4-10-20-16)21-24-17(22)12-23-15-9-8-13-5-1-2-6-14(13)11-15/h1-11H,12H2,(H2,19,21)/p+1. The molecule has 2 aromatic carbocycles. The summed E-state index contributed by atoms with van der Waals surface area (Å²) < 4.78 is 5.42. The molecule has 0 saturated carbocycles. The van der Waals surface area contributed by atoms with Gasteiger partial charge in [0.25, 0.3) is 0 Å². The first-order chi connectivity index (χ1) is 11.7. The van der Waals surface area contributed by atoms with Crippen LogP contribution in [-0.4, -0.2) is 18.4 Å². The Kier molecular flexibility index (Phi) is 4.67. The van der Waals surface area contributed by atoms with Crippen LogP contribution in [-0.2, 0) is 9.63 Å². The molecule has 1 aromatic heterocycles. The Morgan fingerprint density at radius 2 is 1.83 bits per heavy atom. The van der Waals surface area contributed by atoms with Gasteiger partial charge < -0.3 is 15.3 Å². The highest BCUT2D eigenvalue weighted by Gasteiger charge is 2.09. The van der Waals surface area contributed by atoms with Crippen molar-refractivity contribution in [3.63, 3.8) is 0 Å². The molecule has 0 fully saturated rings. The van der Waals surface area contributed by atoms with Gasteiger partial charge in [0.15, 0.2) is 12.8 Å². The molecule has 0 aliphatic carbocycles. The van der Waals surface area contributed by atoms with Gasteiger partial charge in [0, 0.05) is 12.1 Å². The zero-order chi connectivity index (χ0) is 16.8. The van der Waals surface area contributed by atoms with E-state index in [0.29, 0.717) is 11.4 Å². The predicted molar refractivity (Wildman–Crippen MR) is 89.3 cm³/mol. The summed E-state index contributed by atoms with van der Waals surface area (Å²) in [4.78, 5) is 19.3. The van der Waals surface area contributed by atoms with E-state index >= 15 is 0 Å². The van der Waals surface area contributed by atoms with Gasteiger partial charge in [0.2, 0.25) is 11.5 Å². The van der Waals surface area contributed by atoms with E-state index in [1.165, 1.54) is 0 Å². The SMILES string of the molecule is NC(=NOC(=O)COc1ccc2ccccc2c1)c1cccc[nH+]1. The third kappa shape index (κ3) is 3.86. The first-order valence-corrected chi connectivity index (χ1v) is 7.34. The van der Waals surface area contributed by atoms with Gasteiger partial charge in [0.1, 0.15) is 5.75 Å². The molecule has 24 heavy (non-hydrogen) atoms. The monoisotopic (exact) mass is 322 g/mol. The van der Waals surface area contributed by atoms with Gasteiger partial charge in [-0.15, -0.1) is 0 Å². The van der Waals surface area contributed by atoms with Crippen LogP contribution in [0.25, 0.3) is 10.8 Å². The third-order valence-corrected chi connectivity index (χ3v) is 3.31. The van der Waals surface area contributed by atoms with Crippen LogP contribution < -0.4 is 15.5 Å². The number of rotatable bonds is 5. The highest BCUT2D eigenvalue weighted by molar-refractivity contribution is 5.94. The number of H-pyrrole nitrogens is 1. The highest BCUT2D eigenvalue weighted by Crippen LogP contribution is 2.20. The summed E-state index contributed by atoms with van der Waals surface area (Å²) in [5, 5.41) is 5.72. The molecule has 0 radical (unpaired) electrons. The number of ether oxygens (including phenoxy) is 1. The minimum Gasteiger partial charge on any atom is -0.482 e. The summed E-state index contributed by atoms with van der Waals surface area (Å²) in [7, 11) is 0. The van der Waals surface area contributed by atoms with Crippen molar-refractivity contribution in [1.82, 2.24) is 0 Å². The number of fused-ring (bicyclic) bond motifs is 1. The minimum atomic E-state index is -0.637.